The molecular formula is C9H17F3N2O2. The molecule has 0 aromatic heterocycles. The molecule has 1 atom stereocenters. The lowest BCUT2D eigenvalue weighted by Gasteiger charge is -2.21. The highest BCUT2D eigenvalue weighted by molar-refractivity contribution is 5.78. The summed E-state index contributed by atoms with van der Waals surface area (Å²) < 4.78 is 35.1. The maximum Gasteiger partial charge on any atom is 0.401 e. The normalized spacial score (nSPS) is 15.6. The van der Waals surface area contributed by atoms with E-state index >= 15 is 0 Å². The van der Waals surface area contributed by atoms with Crippen molar-refractivity contribution >= 4 is 5.91 Å². The first-order valence-electron chi connectivity index (χ1n) is 4.93. The average molecular weight is 242 g/mol. The summed E-state index contributed by atoms with van der Waals surface area (Å²) in [5.74, 6) is -0.571. The third kappa shape index (κ3) is 8.49. The van der Waals surface area contributed by atoms with Crippen LogP contribution in [0.1, 0.15) is 20.3 Å². The van der Waals surface area contributed by atoms with Crippen LogP contribution in [0.3, 0.4) is 0 Å². The van der Waals surface area contributed by atoms with Crippen molar-refractivity contribution in [1.29, 1.82) is 0 Å². The first-order chi connectivity index (χ1) is 7.16. The van der Waals surface area contributed by atoms with Gasteiger partial charge in [0, 0.05) is 6.54 Å². The second-order valence-corrected chi connectivity index (χ2v) is 3.85. The van der Waals surface area contributed by atoms with Crippen molar-refractivity contribution < 1.29 is 23.1 Å². The number of aliphatic hydroxyl groups is 1. The molecule has 0 aliphatic rings. The lowest BCUT2D eigenvalue weighted by molar-refractivity contribution is -0.129. The van der Waals surface area contributed by atoms with Crippen LogP contribution in [-0.4, -0.2) is 42.4 Å². The van der Waals surface area contributed by atoms with E-state index in [1.54, 1.807) is 6.92 Å². The molecule has 0 fully saturated rings. The molecule has 0 radical (unpaired) electrons. The van der Waals surface area contributed by atoms with E-state index in [1.165, 1.54) is 6.92 Å². The second kappa shape index (κ2) is 6.05. The van der Waals surface area contributed by atoms with E-state index in [0.29, 0.717) is 6.42 Å². The number of nitrogens with one attached hydrogen (secondary N) is 2. The van der Waals surface area contributed by atoms with Crippen LogP contribution in [0.2, 0.25) is 0 Å². The largest absolute Gasteiger partial charge is 0.401 e. The van der Waals surface area contributed by atoms with Gasteiger partial charge in [-0.25, -0.2) is 0 Å². The molecular weight excluding hydrogens is 225 g/mol. The predicted octanol–water partition coefficient (Wildman–Crippen LogP) is 0.415. The van der Waals surface area contributed by atoms with Gasteiger partial charge in [-0.05, 0) is 13.3 Å². The van der Waals surface area contributed by atoms with Crippen molar-refractivity contribution in [1.82, 2.24) is 10.6 Å². The Hall–Kier alpha value is -0.820. The number of carbonyl (C=O) groups is 1. The quantitative estimate of drug-likeness (QED) is 0.632. The molecule has 1 amide bonds. The Morgan fingerprint density at radius 1 is 1.31 bits per heavy atom. The van der Waals surface area contributed by atoms with Gasteiger partial charge in [-0.15, -0.1) is 0 Å². The van der Waals surface area contributed by atoms with Gasteiger partial charge in [0.2, 0.25) is 5.91 Å². The molecule has 1 unspecified atom stereocenters. The standard InChI is InChI=1S/C9H17F3N2O2/c1-3-8(2,16)5-14-7(15)4-13-6-9(10,11)12/h13,16H,3-6H2,1-2H3,(H,14,15). The molecule has 96 valence electrons. The van der Waals surface area contributed by atoms with Crippen molar-refractivity contribution in [3.05, 3.63) is 0 Å². The third-order valence-corrected chi connectivity index (χ3v) is 2.04. The molecule has 0 bridgehead atoms. The van der Waals surface area contributed by atoms with Gasteiger partial charge in [0.05, 0.1) is 18.7 Å². The zero-order valence-corrected chi connectivity index (χ0v) is 9.32. The molecule has 3 N–H and O–H groups in total. The molecule has 7 heteroatoms. The fourth-order valence-electron chi connectivity index (χ4n) is 0.794. The number of hydrogen-bond acceptors (Lipinski definition) is 3. The van der Waals surface area contributed by atoms with Gasteiger partial charge in [-0.3, -0.25) is 4.79 Å². The Morgan fingerprint density at radius 3 is 2.31 bits per heavy atom. The van der Waals surface area contributed by atoms with Crippen LogP contribution in [0, 0.1) is 0 Å². The van der Waals surface area contributed by atoms with Gasteiger partial charge in [-0.2, -0.15) is 13.2 Å². The van der Waals surface area contributed by atoms with E-state index < -0.39 is 30.8 Å². The number of halogens is 3. The summed E-state index contributed by atoms with van der Waals surface area (Å²) in [4.78, 5) is 11.0. The zero-order valence-electron chi connectivity index (χ0n) is 9.32. The minimum absolute atomic E-state index is 0.0238. The Morgan fingerprint density at radius 2 is 1.88 bits per heavy atom. The molecule has 0 saturated heterocycles. The highest BCUT2D eigenvalue weighted by Crippen LogP contribution is 2.11. The number of hydrogen-bond donors (Lipinski definition) is 3. The van der Waals surface area contributed by atoms with Crippen LogP contribution < -0.4 is 10.6 Å². The molecule has 0 aliphatic heterocycles. The van der Waals surface area contributed by atoms with E-state index in [0.717, 1.165) is 0 Å². The minimum atomic E-state index is -4.32. The lowest BCUT2D eigenvalue weighted by Crippen LogP contribution is -2.44. The monoisotopic (exact) mass is 242 g/mol. The van der Waals surface area contributed by atoms with E-state index in [4.69, 9.17) is 0 Å². The summed E-state index contributed by atoms with van der Waals surface area (Å²) in [6.07, 6.45) is -3.88. The van der Waals surface area contributed by atoms with Crippen molar-refractivity contribution in [2.75, 3.05) is 19.6 Å². The van der Waals surface area contributed by atoms with Gasteiger partial charge in [-0.1, -0.05) is 6.92 Å². The molecule has 0 spiro atoms. The molecule has 0 saturated carbocycles. The van der Waals surface area contributed by atoms with Crippen LogP contribution in [-0.2, 0) is 4.79 Å². The fraction of sp³-hybridized carbons (Fsp3) is 0.889. The Labute approximate surface area is 92.2 Å². The SMILES string of the molecule is CCC(C)(O)CNC(=O)CNCC(F)(F)F. The Bertz CT molecular complexity index is 229. The number of carbonyl (C=O) groups excluding carboxylic acids is 1. The maximum atomic E-state index is 11.7. The molecule has 0 aromatic rings. The van der Waals surface area contributed by atoms with E-state index in [9.17, 15) is 23.1 Å². The van der Waals surface area contributed by atoms with Crippen molar-refractivity contribution in [2.45, 2.75) is 32.0 Å². The second-order valence-electron chi connectivity index (χ2n) is 3.85. The topological polar surface area (TPSA) is 61.4 Å². The maximum absolute atomic E-state index is 11.7. The Balaban J connectivity index is 3.68. The third-order valence-electron chi connectivity index (χ3n) is 2.04. The summed E-state index contributed by atoms with van der Waals surface area (Å²) in [6, 6.07) is 0. The number of alkyl halides is 3. The van der Waals surface area contributed by atoms with Gasteiger partial charge in [0.1, 0.15) is 0 Å². The van der Waals surface area contributed by atoms with Gasteiger partial charge in [0.25, 0.3) is 0 Å². The number of rotatable bonds is 6. The summed E-state index contributed by atoms with van der Waals surface area (Å²) in [5.41, 5.74) is -1.03. The summed E-state index contributed by atoms with van der Waals surface area (Å²) in [7, 11) is 0. The molecule has 0 rings (SSSR count). The van der Waals surface area contributed by atoms with E-state index in [-0.39, 0.29) is 6.54 Å². The smallest absolute Gasteiger partial charge is 0.388 e. The van der Waals surface area contributed by atoms with E-state index in [1.807, 2.05) is 5.32 Å². The zero-order chi connectivity index (χ0) is 12.8. The van der Waals surface area contributed by atoms with Crippen molar-refractivity contribution in [3.8, 4) is 0 Å². The molecule has 0 heterocycles. The molecule has 16 heavy (non-hydrogen) atoms. The van der Waals surface area contributed by atoms with Gasteiger partial charge in [0.15, 0.2) is 0 Å². The summed E-state index contributed by atoms with van der Waals surface area (Å²) >= 11 is 0. The van der Waals surface area contributed by atoms with Crippen LogP contribution >= 0.6 is 0 Å². The minimum Gasteiger partial charge on any atom is -0.388 e. The van der Waals surface area contributed by atoms with Gasteiger partial charge < -0.3 is 15.7 Å². The van der Waals surface area contributed by atoms with Crippen LogP contribution in [0.25, 0.3) is 0 Å². The molecule has 0 aromatic carbocycles. The van der Waals surface area contributed by atoms with Crippen molar-refractivity contribution in [2.24, 2.45) is 0 Å². The highest BCUT2D eigenvalue weighted by atomic mass is 19.4. The average Bonchev–Trinajstić information content (AvgIpc) is 2.13. The summed E-state index contributed by atoms with van der Waals surface area (Å²) in [5, 5.41) is 13.8. The Kier molecular flexibility index (Phi) is 5.74. The van der Waals surface area contributed by atoms with Crippen LogP contribution in [0.15, 0.2) is 0 Å². The van der Waals surface area contributed by atoms with Crippen LogP contribution in [0.4, 0.5) is 13.2 Å². The number of amides is 1. The van der Waals surface area contributed by atoms with E-state index in [2.05, 4.69) is 5.32 Å². The lowest BCUT2D eigenvalue weighted by atomic mass is 10.0. The van der Waals surface area contributed by atoms with Crippen molar-refractivity contribution in [3.63, 3.8) is 0 Å². The van der Waals surface area contributed by atoms with Gasteiger partial charge >= 0.3 is 6.18 Å². The predicted molar refractivity (Wildman–Crippen MR) is 52.8 cm³/mol. The highest BCUT2D eigenvalue weighted by Gasteiger charge is 2.26. The molecule has 4 nitrogen and oxygen atoms in total. The fourth-order valence-corrected chi connectivity index (χ4v) is 0.794. The first kappa shape index (κ1) is 15.2. The summed E-state index contributed by atoms with van der Waals surface area (Å²) in [6.45, 7) is 1.68. The van der Waals surface area contributed by atoms with Crippen LogP contribution in [0.5, 0.6) is 0 Å². The molecule has 0 aliphatic carbocycles. The first-order valence-corrected chi connectivity index (χ1v) is 4.93.